The van der Waals surface area contributed by atoms with Crippen LogP contribution in [0.1, 0.15) is 30.6 Å². The average Bonchev–Trinajstić information content (AvgIpc) is 2.48. The summed E-state index contributed by atoms with van der Waals surface area (Å²) in [7, 11) is 1.62. The summed E-state index contributed by atoms with van der Waals surface area (Å²) in [6, 6.07) is 6.84. The van der Waals surface area contributed by atoms with Gasteiger partial charge in [-0.25, -0.2) is 0 Å². The van der Waals surface area contributed by atoms with Gasteiger partial charge in [0.1, 0.15) is 12.0 Å². The van der Waals surface area contributed by atoms with Gasteiger partial charge in [-0.3, -0.25) is 14.4 Å². The maximum absolute atomic E-state index is 12.4. The Bertz CT molecular complexity index is 666. The highest BCUT2D eigenvalue weighted by Crippen LogP contribution is 2.40. The topological polar surface area (TPSA) is 84.9 Å². The van der Waals surface area contributed by atoms with Gasteiger partial charge in [0, 0.05) is 7.05 Å². The predicted molar refractivity (Wildman–Crippen MR) is 75.9 cm³/mol. The molecule has 1 fully saturated rings. The molecule has 1 aromatic rings. The third-order valence-electron chi connectivity index (χ3n) is 3.96. The molecule has 1 spiro atoms. The number of carbonyl (C=O) groups is 3. The van der Waals surface area contributed by atoms with E-state index < -0.39 is 29.8 Å². The van der Waals surface area contributed by atoms with E-state index in [2.05, 4.69) is 5.32 Å². The normalized spacial score (nSPS) is 22.3. The number of amides is 1. The first kappa shape index (κ1) is 14.4. The number of rotatable bonds is 0. The van der Waals surface area contributed by atoms with Crippen LogP contribution in [-0.2, 0) is 19.1 Å². The van der Waals surface area contributed by atoms with Crippen molar-refractivity contribution in [2.45, 2.75) is 31.7 Å². The number of fused-ring (bicyclic) bond motifs is 1. The summed E-state index contributed by atoms with van der Waals surface area (Å²) in [6.07, 6.45) is -0.443. The molecule has 1 aromatic carbocycles. The number of nitrogens with one attached hydrogen (secondary N) is 1. The third-order valence-corrected chi connectivity index (χ3v) is 3.96. The molecular weight excluding hydrogens is 288 g/mol. The molecule has 0 atom stereocenters. The van der Waals surface area contributed by atoms with Gasteiger partial charge in [-0.05, 0) is 26.0 Å². The van der Waals surface area contributed by atoms with Crippen LogP contribution in [0.25, 0.3) is 0 Å². The Morgan fingerprint density at radius 2 is 1.68 bits per heavy atom. The third kappa shape index (κ3) is 1.85. The molecule has 2 aliphatic rings. The Balaban J connectivity index is 2.22. The molecule has 0 radical (unpaired) electrons. The van der Waals surface area contributed by atoms with Crippen molar-refractivity contribution >= 4 is 23.5 Å². The molecule has 0 aliphatic carbocycles. The van der Waals surface area contributed by atoms with Crippen LogP contribution in [0.4, 0.5) is 5.69 Å². The first-order valence-corrected chi connectivity index (χ1v) is 6.86. The van der Waals surface area contributed by atoms with Gasteiger partial charge < -0.3 is 19.7 Å². The van der Waals surface area contributed by atoms with E-state index >= 15 is 0 Å². The number of hydrogen-bond acceptors (Lipinski definition) is 6. The van der Waals surface area contributed by atoms with Crippen LogP contribution < -0.4 is 10.2 Å². The number of benzene rings is 1. The lowest BCUT2D eigenvalue weighted by Gasteiger charge is -2.49. The zero-order chi connectivity index (χ0) is 16.1. The number of hydrogen-bond donors (Lipinski definition) is 1. The lowest BCUT2D eigenvalue weighted by atomic mass is 9.98. The van der Waals surface area contributed by atoms with Crippen molar-refractivity contribution < 1.29 is 23.9 Å². The number of ether oxygens (including phenoxy) is 2. The van der Waals surface area contributed by atoms with Gasteiger partial charge in [-0.1, -0.05) is 12.1 Å². The van der Waals surface area contributed by atoms with Crippen LogP contribution in [0.2, 0.25) is 0 Å². The molecule has 0 unspecified atom stereocenters. The molecule has 2 heterocycles. The summed E-state index contributed by atoms with van der Waals surface area (Å²) in [5.74, 6) is -3.45. The highest BCUT2D eigenvalue weighted by atomic mass is 16.8. The fourth-order valence-electron chi connectivity index (χ4n) is 2.88. The quantitative estimate of drug-likeness (QED) is 0.563. The van der Waals surface area contributed by atoms with E-state index in [1.165, 1.54) is 4.90 Å². The zero-order valence-corrected chi connectivity index (χ0v) is 12.5. The number of likely N-dealkylation sites (N-methyl/N-ethyl adjacent to an activating group) is 1. The summed E-state index contributed by atoms with van der Waals surface area (Å²) < 4.78 is 10.9. The highest BCUT2D eigenvalue weighted by Gasteiger charge is 2.61. The van der Waals surface area contributed by atoms with Crippen LogP contribution in [-0.4, -0.2) is 36.3 Å². The van der Waals surface area contributed by atoms with Gasteiger partial charge in [0.15, 0.2) is 0 Å². The minimum absolute atomic E-state index is 0.331. The van der Waals surface area contributed by atoms with Crippen molar-refractivity contribution in [2.24, 2.45) is 0 Å². The zero-order valence-electron chi connectivity index (χ0n) is 12.5. The van der Waals surface area contributed by atoms with E-state index in [9.17, 15) is 14.4 Å². The largest absolute Gasteiger partial charge is 0.401 e. The Morgan fingerprint density at radius 1 is 1.09 bits per heavy atom. The molecule has 1 amide bonds. The molecule has 116 valence electrons. The van der Waals surface area contributed by atoms with Crippen molar-refractivity contribution in [3.63, 3.8) is 0 Å². The van der Waals surface area contributed by atoms with Gasteiger partial charge in [-0.2, -0.15) is 0 Å². The van der Waals surface area contributed by atoms with Crippen molar-refractivity contribution in [1.29, 1.82) is 0 Å². The van der Waals surface area contributed by atoms with Gasteiger partial charge >= 0.3 is 17.8 Å². The van der Waals surface area contributed by atoms with Crippen LogP contribution in [0, 0.1) is 0 Å². The fraction of sp³-hybridized carbons (Fsp3) is 0.400. The summed E-state index contributed by atoms with van der Waals surface area (Å²) in [6.45, 7) is 3.28. The van der Waals surface area contributed by atoms with Crippen molar-refractivity contribution in [3.05, 3.63) is 29.8 Å². The second-order valence-corrected chi connectivity index (χ2v) is 5.86. The lowest BCUT2D eigenvalue weighted by molar-refractivity contribution is -0.264. The number of carbonyl (C=O) groups excluding carboxylic acids is 3. The van der Waals surface area contributed by atoms with E-state index in [4.69, 9.17) is 9.47 Å². The van der Waals surface area contributed by atoms with Gasteiger partial charge in [0.05, 0.1) is 11.3 Å². The Morgan fingerprint density at radius 3 is 2.32 bits per heavy atom. The predicted octanol–water partition coefficient (Wildman–Crippen LogP) is 0.789. The first-order valence-electron chi connectivity index (χ1n) is 6.86. The van der Waals surface area contributed by atoms with E-state index in [0.29, 0.717) is 11.3 Å². The summed E-state index contributed by atoms with van der Waals surface area (Å²) >= 11 is 0. The molecule has 0 bridgehead atoms. The van der Waals surface area contributed by atoms with Crippen molar-refractivity contribution in [2.75, 3.05) is 11.9 Å². The number of esters is 2. The molecular formula is C15H16N2O5. The van der Waals surface area contributed by atoms with Crippen molar-refractivity contribution in [3.8, 4) is 0 Å². The standard InChI is InChI=1S/C15H16N2O5/c1-14(2)15(21-11(18)8-12(19)22-15)17(3)10-7-5-4-6-9(10)13(20)16-14/h4-7H,8H2,1-3H3,(H,16,20). The van der Waals surface area contributed by atoms with Gasteiger partial charge in [0.25, 0.3) is 5.91 Å². The molecule has 3 rings (SSSR count). The SMILES string of the molecule is CN1c2ccccc2C(=O)NC(C)(C)C12OC(=O)CC(=O)O2. The maximum atomic E-state index is 12.4. The van der Waals surface area contributed by atoms with Crippen LogP contribution in [0.5, 0.6) is 0 Å². The van der Waals surface area contributed by atoms with Gasteiger partial charge in [-0.15, -0.1) is 0 Å². The molecule has 22 heavy (non-hydrogen) atoms. The number of nitrogens with zero attached hydrogens (tertiary/aromatic N) is 1. The van der Waals surface area contributed by atoms with E-state index in [-0.39, 0.29) is 5.91 Å². The highest BCUT2D eigenvalue weighted by molar-refractivity contribution is 6.02. The molecule has 1 N–H and O–H groups in total. The summed E-state index contributed by atoms with van der Waals surface area (Å²) in [4.78, 5) is 37.6. The van der Waals surface area contributed by atoms with Crippen molar-refractivity contribution in [1.82, 2.24) is 5.32 Å². The second kappa shape index (κ2) is 4.46. The molecule has 0 saturated carbocycles. The second-order valence-electron chi connectivity index (χ2n) is 5.86. The van der Waals surface area contributed by atoms with Crippen LogP contribution in [0.3, 0.4) is 0 Å². The average molecular weight is 304 g/mol. The monoisotopic (exact) mass is 304 g/mol. The lowest BCUT2D eigenvalue weighted by Crippen LogP contribution is -2.71. The Kier molecular flexibility index (Phi) is 2.91. The summed E-state index contributed by atoms with van der Waals surface area (Å²) in [5, 5.41) is 2.77. The molecule has 1 saturated heterocycles. The van der Waals surface area contributed by atoms with Crippen LogP contribution >= 0.6 is 0 Å². The number of para-hydroxylation sites is 1. The van der Waals surface area contributed by atoms with E-state index in [0.717, 1.165) is 0 Å². The van der Waals surface area contributed by atoms with Gasteiger partial charge in [0.2, 0.25) is 0 Å². The first-order chi connectivity index (χ1) is 10.3. The fourth-order valence-corrected chi connectivity index (χ4v) is 2.88. The van der Waals surface area contributed by atoms with E-state index in [1.807, 2.05) is 0 Å². The summed E-state index contributed by atoms with van der Waals surface area (Å²) in [5.41, 5.74) is -0.232. The molecule has 0 aromatic heterocycles. The van der Waals surface area contributed by atoms with Crippen LogP contribution in [0.15, 0.2) is 24.3 Å². The Hall–Kier alpha value is -2.57. The smallest absolute Gasteiger partial charge is 0.366 e. The minimum Gasteiger partial charge on any atom is -0.401 e. The Labute approximate surface area is 127 Å². The van der Waals surface area contributed by atoms with E-state index in [1.54, 1.807) is 45.2 Å². The molecule has 2 aliphatic heterocycles. The minimum atomic E-state index is -1.73. The molecule has 7 nitrogen and oxygen atoms in total. The maximum Gasteiger partial charge on any atom is 0.366 e. The number of anilines is 1. The molecule has 7 heteroatoms.